The first-order chi connectivity index (χ1) is 10.2. The second-order valence-corrected chi connectivity index (χ2v) is 5.84. The number of aromatic nitrogens is 3. The summed E-state index contributed by atoms with van der Waals surface area (Å²) >= 11 is 0. The van der Waals surface area contributed by atoms with E-state index in [1.807, 2.05) is 18.2 Å². The topological polar surface area (TPSA) is 54.6 Å². The van der Waals surface area contributed by atoms with Gasteiger partial charge in [-0.15, -0.1) is 5.10 Å². The number of nitrogens with zero attached hydrogens (tertiary/aromatic N) is 4. The van der Waals surface area contributed by atoms with E-state index in [2.05, 4.69) is 22.4 Å². The van der Waals surface area contributed by atoms with Gasteiger partial charge in [-0.3, -0.25) is 4.40 Å². The third-order valence-electron chi connectivity index (χ3n) is 4.13. The van der Waals surface area contributed by atoms with Crippen LogP contribution in [0, 0.1) is 0 Å². The van der Waals surface area contributed by atoms with Gasteiger partial charge in [0.25, 0.3) is 0 Å². The second-order valence-electron chi connectivity index (χ2n) is 5.84. The predicted octanol–water partition coefficient (Wildman–Crippen LogP) is 0.570. The van der Waals surface area contributed by atoms with Gasteiger partial charge in [0.1, 0.15) is 0 Å². The number of nitrogens with one attached hydrogen (secondary N) is 1. The molecule has 6 nitrogen and oxygen atoms in total. The van der Waals surface area contributed by atoms with E-state index in [1.165, 1.54) is 19.3 Å². The summed E-state index contributed by atoms with van der Waals surface area (Å²) in [6, 6.07) is 6.18. The number of likely N-dealkylation sites (N-methyl/N-ethyl adjacent to an activating group) is 1. The average molecular weight is 289 g/mol. The van der Waals surface area contributed by atoms with Crippen molar-refractivity contribution in [3.8, 4) is 0 Å². The largest absolute Gasteiger partial charge is 0.350 e. The fourth-order valence-corrected chi connectivity index (χ4v) is 2.93. The lowest BCUT2D eigenvalue weighted by molar-refractivity contribution is 0.251. The third-order valence-corrected chi connectivity index (χ3v) is 4.13. The zero-order chi connectivity index (χ0) is 14.7. The van der Waals surface area contributed by atoms with Gasteiger partial charge in [-0.2, -0.15) is 0 Å². The van der Waals surface area contributed by atoms with Crippen LogP contribution < -0.4 is 11.0 Å². The van der Waals surface area contributed by atoms with Gasteiger partial charge in [-0.05, 0) is 38.6 Å². The number of fused-ring (bicyclic) bond motifs is 1. The summed E-state index contributed by atoms with van der Waals surface area (Å²) < 4.78 is 3.14. The maximum Gasteiger partial charge on any atom is 0.350 e. The van der Waals surface area contributed by atoms with Crippen LogP contribution in [0.1, 0.15) is 19.3 Å². The zero-order valence-electron chi connectivity index (χ0n) is 12.5. The quantitative estimate of drug-likeness (QED) is 0.874. The van der Waals surface area contributed by atoms with Crippen LogP contribution in [0.15, 0.2) is 29.2 Å². The normalized spacial score (nSPS) is 19.4. The number of hydrogen-bond donors (Lipinski definition) is 1. The van der Waals surface area contributed by atoms with E-state index >= 15 is 0 Å². The molecule has 1 aliphatic rings. The Kier molecular flexibility index (Phi) is 4.36. The SMILES string of the molecule is CN(CCn1nc2ccccn2c1=O)CC1CCCCN1. The van der Waals surface area contributed by atoms with Crippen LogP contribution >= 0.6 is 0 Å². The van der Waals surface area contributed by atoms with E-state index in [1.54, 1.807) is 15.3 Å². The molecule has 21 heavy (non-hydrogen) atoms. The standard InChI is InChI=1S/C15H23N5O/c1-18(12-13-6-2-4-8-16-13)10-11-20-15(21)19-9-5-3-7-14(19)17-20/h3,5,7,9,13,16H,2,4,6,8,10-12H2,1H3. The fraction of sp³-hybridized carbons (Fsp3) is 0.600. The molecule has 1 unspecified atom stereocenters. The molecule has 0 aliphatic carbocycles. The van der Waals surface area contributed by atoms with Crippen molar-refractivity contribution in [2.75, 3.05) is 26.7 Å². The van der Waals surface area contributed by atoms with Gasteiger partial charge < -0.3 is 10.2 Å². The van der Waals surface area contributed by atoms with Crippen molar-refractivity contribution in [1.29, 1.82) is 0 Å². The molecule has 0 saturated carbocycles. The lowest BCUT2D eigenvalue weighted by atomic mass is 10.0. The third kappa shape index (κ3) is 3.33. The van der Waals surface area contributed by atoms with E-state index in [9.17, 15) is 4.79 Å². The molecular weight excluding hydrogens is 266 g/mol. The highest BCUT2D eigenvalue weighted by atomic mass is 16.2. The van der Waals surface area contributed by atoms with Crippen LogP contribution in [0.2, 0.25) is 0 Å². The maximum atomic E-state index is 12.2. The Balaban J connectivity index is 1.58. The van der Waals surface area contributed by atoms with Crippen LogP contribution in [0.3, 0.4) is 0 Å². The lowest BCUT2D eigenvalue weighted by Gasteiger charge is -2.28. The molecule has 114 valence electrons. The Labute approximate surface area is 124 Å². The van der Waals surface area contributed by atoms with E-state index in [4.69, 9.17) is 0 Å². The molecule has 1 atom stereocenters. The zero-order valence-corrected chi connectivity index (χ0v) is 12.5. The Bertz CT molecular complexity index is 641. The van der Waals surface area contributed by atoms with Gasteiger partial charge in [0.15, 0.2) is 5.65 Å². The summed E-state index contributed by atoms with van der Waals surface area (Å²) in [6.45, 7) is 3.62. The number of rotatable bonds is 5. The van der Waals surface area contributed by atoms with Crippen molar-refractivity contribution >= 4 is 5.65 Å². The Morgan fingerprint density at radius 2 is 2.33 bits per heavy atom. The molecule has 0 spiro atoms. The molecule has 1 N–H and O–H groups in total. The smallest absolute Gasteiger partial charge is 0.313 e. The summed E-state index contributed by atoms with van der Waals surface area (Å²) in [4.78, 5) is 14.4. The van der Waals surface area contributed by atoms with Gasteiger partial charge in [-0.25, -0.2) is 9.48 Å². The fourth-order valence-electron chi connectivity index (χ4n) is 2.93. The summed E-state index contributed by atoms with van der Waals surface area (Å²) in [6.07, 6.45) is 5.61. The molecule has 1 aliphatic heterocycles. The Morgan fingerprint density at radius 1 is 1.43 bits per heavy atom. The van der Waals surface area contributed by atoms with E-state index < -0.39 is 0 Å². The molecule has 0 bridgehead atoms. The molecule has 3 heterocycles. The van der Waals surface area contributed by atoms with Crippen LogP contribution in [-0.2, 0) is 6.54 Å². The molecule has 1 saturated heterocycles. The van der Waals surface area contributed by atoms with Gasteiger partial charge in [0.05, 0.1) is 6.54 Å². The van der Waals surface area contributed by atoms with Crippen molar-refractivity contribution < 1.29 is 0 Å². The number of pyridine rings is 1. The first kappa shape index (κ1) is 14.3. The Hall–Kier alpha value is -1.66. The van der Waals surface area contributed by atoms with Crippen LogP contribution in [0.25, 0.3) is 5.65 Å². The minimum atomic E-state index is -0.0604. The predicted molar refractivity (Wildman–Crippen MR) is 82.6 cm³/mol. The summed E-state index contributed by atoms with van der Waals surface area (Å²) in [7, 11) is 2.11. The first-order valence-electron chi connectivity index (χ1n) is 7.70. The number of piperidine rings is 1. The molecule has 1 fully saturated rings. The van der Waals surface area contributed by atoms with Crippen LogP contribution in [0.4, 0.5) is 0 Å². The molecule has 0 amide bonds. The minimum absolute atomic E-state index is 0.0604. The highest BCUT2D eigenvalue weighted by Crippen LogP contribution is 2.07. The Morgan fingerprint density at radius 3 is 3.10 bits per heavy atom. The molecular formula is C15H23N5O. The van der Waals surface area contributed by atoms with Crippen molar-refractivity contribution in [2.45, 2.75) is 31.8 Å². The molecule has 2 aromatic rings. The van der Waals surface area contributed by atoms with Gasteiger partial charge in [-0.1, -0.05) is 12.5 Å². The second kappa shape index (κ2) is 6.41. The first-order valence-corrected chi connectivity index (χ1v) is 7.70. The highest BCUT2D eigenvalue weighted by molar-refractivity contribution is 5.35. The van der Waals surface area contributed by atoms with Gasteiger partial charge >= 0.3 is 5.69 Å². The van der Waals surface area contributed by atoms with E-state index in [0.29, 0.717) is 18.2 Å². The molecule has 3 rings (SSSR count). The molecule has 0 radical (unpaired) electrons. The monoisotopic (exact) mass is 289 g/mol. The van der Waals surface area contributed by atoms with E-state index in [-0.39, 0.29) is 5.69 Å². The molecule has 6 heteroatoms. The number of hydrogen-bond acceptors (Lipinski definition) is 4. The highest BCUT2D eigenvalue weighted by Gasteiger charge is 2.14. The summed E-state index contributed by atoms with van der Waals surface area (Å²) in [5.41, 5.74) is 0.647. The van der Waals surface area contributed by atoms with Gasteiger partial charge in [0.2, 0.25) is 0 Å². The summed E-state index contributed by atoms with van der Waals surface area (Å²) in [5, 5.41) is 7.91. The van der Waals surface area contributed by atoms with Crippen LogP contribution in [-0.4, -0.2) is 51.8 Å². The summed E-state index contributed by atoms with van der Waals surface area (Å²) in [5.74, 6) is 0. The van der Waals surface area contributed by atoms with Crippen LogP contribution in [0.5, 0.6) is 0 Å². The average Bonchev–Trinajstić information content (AvgIpc) is 2.83. The van der Waals surface area contributed by atoms with Gasteiger partial charge in [0, 0.05) is 25.3 Å². The minimum Gasteiger partial charge on any atom is -0.313 e. The molecule has 2 aromatic heterocycles. The maximum absolute atomic E-state index is 12.2. The van der Waals surface area contributed by atoms with Crippen molar-refractivity contribution in [3.05, 3.63) is 34.9 Å². The molecule has 0 aromatic carbocycles. The van der Waals surface area contributed by atoms with Crippen molar-refractivity contribution in [3.63, 3.8) is 0 Å². The lowest BCUT2D eigenvalue weighted by Crippen LogP contribution is -2.43. The van der Waals surface area contributed by atoms with Crippen molar-refractivity contribution in [2.24, 2.45) is 0 Å². The van der Waals surface area contributed by atoms with Crippen molar-refractivity contribution in [1.82, 2.24) is 24.4 Å². The van der Waals surface area contributed by atoms with E-state index in [0.717, 1.165) is 19.6 Å².